The van der Waals surface area contributed by atoms with Crippen LogP contribution < -0.4 is 31.6 Å². The third-order valence-electron chi connectivity index (χ3n) is 9.45. The van der Waals surface area contributed by atoms with Crippen molar-refractivity contribution in [1.82, 2.24) is 5.32 Å². The summed E-state index contributed by atoms with van der Waals surface area (Å²) in [5.41, 5.74) is 10.9. The Morgan fingerprint density at radius 1 is 0.780 bits per heavy atom. The molecular formula is C38H54N6O6. The van der Waals surface area contributed by atoms with Crippen LogP contribution in [-0.2, 0) is 24.6 Å². The van der Waals surface area contributed by atoms with Gasteiger partial charge < -0.3 is 35.7 Å². The second kappa shape index (κ2) is 13.4. The summed E-state index contributed by atoms with van der Waals surface area (Å²) in [5.74, 6) is 1.00. The molecule has 0 saturated heterocycles. The van der Waals surface area contributed by atoms with E-state index in [0.717, 1.165) is 19.3 Å². The van der Waals surface area contributed by atoms with Crippen molar-refractivity contribution in [3.8, 4) is 11.5 Å². The number of carbonyl (C=O) groups excluding carboxylic acids is 2. The van der Waals surface area contributed by atoms with E-state index in [-0.39, 0.29) is 30.1 Å². The summed E-state index contributed by atoms with van der Waals surface area (Å²) in [7, 11) is 0. The first-order valence-electron chi connectivity index (χ1n) is 17.5. The molecule has 0 spiro atoms. The van der Waals surface area contributed by atoms with Gasteiger partial charge in [-0.15, -0.1) is 0 Å². The van der Waals surface area contributed by atoms with Crippen LogP contribution in [0.3, 0.4) is 0 Å². The minimum atomic E-state index is -1.26. The average molecular weight is 691 g/mol. The number of anilines is 1. The Bertz CT molecular complexity index is 1690. The summed E-state index contributed by atoms with van der Waals surface area (Å²) >= 11 is 0. The maximum absolute atomic E-state index is 14.1. The van der Waals surface area contributed by atoms with E-state index in [2.05, 4.69) is 20.6 Å². The maximum atomic E-state index is 14.1. The summed E-state index contributed by atoms with van der Waals surface area (Å²) in [6.45, 7) is 18.5. The van der Waals surface area contributed by atoms with E-state index in [9.17, 15) is 9.59 Å². The molecule has 0 amide bonds. The Hall–Kier alpha value is -4.32. The normalized spacial score (nSPS) is 24.4. The Kier molecular flexibility index (Phi) is 9.92. The fraction of sp³-hybridized carbons (Fsp3) is 0.579. The van der Waals surface area contributed by atoms with E-state index in [1.165, 1.54) is 0 Å². The Morgan fingerprint density at radius 2 is 1.32 bits per heavy atom. The number of aliphatic imine (C=N–C) groups is 2. The van der Waals surface area contributed by atoms with Crippen LogP contribution in [0.1, 0.15) is 100 Å². The van der Waals surface area contributed by atoms with Gasteiger partial charge in [-0.3, -0.25) is 5.32 Å². The van der Waals surface area contributed by atoms with Gasteiger partial charge in [0.25, 0.3) is 0 Å². The van der Waals surface area contributed by atoms with Gasteiger partial charge in [0.05, 0.1) is 0 Å². The molecule has 2 heterocycles. The fourth-order valence-corrected chi connectivity index (χ4v) is 6.66. The third kappa shape index (κ3) is 8.01. The number of ether oxygens (including phenoxy) is 4. The number of hydrogen-bond donors (Lipinski definition) is 4. The van der Waals surface area contributed by atoms with E-state index in [1.807, 2.05) is 106 Å². The first-order chi connectivity index (χ1) is 23.2. The number of benzene rings is 2. The summed E-state index contributed by atoms with van der Waals surface area (Å²) < 4.78 is 23.9. The van der Waals surface area contributed by atoms with Crippen molar-refractivity contribution in [3.63, 3.8) is 0 Å². The number of rotatable bonds is 8. The Balaban J connectivity index is 1.47. The van der Waals surface area contributed by atoms with Crippen LogP contribution in [0.15, 0.2) is 46.4 Å². The number of nitrogens with zero attached hydrogens (tertiary/aromatic N) is 2. The molecule has 0 bridgehead atoms. The van der Waals surface area contributed by atoms with Crippen molar-refractivity contribution in [3.05, 3.63) is 42.0 Å². The molecule has 3 aliphatic rings. The summed E-state index contributed by atoms with van der Waals surface area (Å²) in [5, 5.41) is 7.21. The number of fused-ring (bicyclic) bond motifs is 2. The molecule has 1 fully saturated rings. The summed E-state index contributed by atoms with van der Waals surface area (Å²) in [4.78, 5) is 37.3. The molecule has 2 aliphatic heterocycles. The van der Waals surface area contributed by atoms with Gasteiger partial charge in [-0.25, -0.2) is 19.6 Å². The van der Waals surface area contributed by atoms with Crippen LogP contribution in [0.5, 0.6) is 11.5 Å². The highest BCUT2D eigenvalue weighted by Crippen LogP contribution is 2.42. The Labute approximate surface area is 295 Å². The van der Waals surface area contributed by atoms with Gasteiger partial charge in [0.2, 0.25) is 0 Å². The van der Waals surface area contributed by atoms with Crippen LogP contribution in [-0.4, -0.2) is 58.6 Å². The third-order valence-corrected chi connectivity index (χ3v) is 9.45. The lowest BCUT2D eigenvalue weighted by Crippen LogP contribution is -2.58. The Morgan fingerprint density at radius 3 is 1.90 bits per heavy atom. The number of nitrogens with two attached hydrogens (primary N) is 2. The largest absolute Gasteiger partial charge is 0.481 e. The number of amidine groups is 2. The van der Waals surface area contributed by atoms with Gasteiger partial charge in [0.1, 0.15) is 56.8 Å². The number of carbonyl (C=O) groups is 2. The molecule has 1 saturated carbocycles. The number of esters is 2. The lowest BCUT2D eigenvalue weighted by atomic mass is 9.72. The molecule has 12 heteroatoms. The molecule has 6 atom stereocenters. The minimum Gasteiger partial charge on any atom is -0.481 e. The average Bonchev–Trinajstić information content (AvgIpc) is 3.00. The topological polar surface area (TPSA) is 172 Å². The van der Waals surface area contributed by atoms with Gasteiger partial charge in [-0.05, 0) is 130 Å². The smallest absolute Gasteiger partial charge is 0.332 e. The van der Waals surface area contributed by atoms with Gasteiger partial charge >= 0.3 is 11.9 Å². The zero-order valence-electron chi connectivity index (χ0n) is 31.1. The molecule has 5 rings (SSSR count). The highest BCUT2D eigenvalue weighted by molar-refractivity contribution is 5.91. The van der Waals surface area contributed by atoms with Crippen molar-refractivity contribution < 1.29 is 28.5 Å². The van der Waals surface area contributed by atoms with E-state index >= 15 is 0 Å². The first-order valence-corrected chi connectivity index (χ1v) is 17.5. The molecule has 6 unspecified atom stereocenters. The lowest BCUT2D eigenvalue weighted by Gasteiger charge is -2.44. The van der Waals surface area contributed by atoms with Crippen LogP contribution >= 0.6 is 0 Å². The van der Waals surface area contributed by atoms with Gasteiger partial charge in [-0.1, -0.05) is 12.5 Å². The monoisotopic (exact) mass is 690 g/mol. The summed E-state index contributed by atoms with van der Waals surface area (Å²) in [6, 6.07) is 10.9. The first kappa shape index (κ1) is 36.9. The van der Waals surface area contributed by atoms with Crippen molar-refractivity contribution >= 4 is 40.7 Å². The van der Waals surface area contributed by atoms with Crippen LogP contribution in [0.25, 0.3) is 0 Å². The molecule has 2 aromatic rings. The standard InChI is InChI=1S/C38H54N6O6/c1-21-31(39)41-27-19-24(14-16-29(27)47-21)38(10,34(46)50-36(6,7)8)43-25-13-11-12-23(18-25)37(9,33(45)49-35(3,4)5)44-26-15-17-30-28(20-26)42-32(40)22(2)48-30/h14-17,19-23,25,43-44H,11-13,18H2,1-10H3,(H2,39,41)(H2,40,42). The van der Waals surface area contributed by atoms with Crippen LogP contribution in [0.4, 0.5) is 17.1 Å². The lowest BCUT2D eigenvalue weighted by molar-refractivity contribution is -0.165. The van der Waals surface area contributed by atoms with Crippen molar-refractivity contribution in [2.75, 3.05) is 5.32 Å². The second-order valence-electron chi connectivity index (χ2n) is 16.1. The zero-order chi connectivity index (χ0) is 36.8. The van der Waals surface area contributed by atoms with E-state index < -0.39 is 28.2 Å². The minimum absolute atomic E-state index is 0.154. The highest BCUT2D eigenvalue weighted by Gasteiger charge is 2.48. The van der Waals surface area contributed by atoms with Crippen LogP contribution in [0, 0.1) is 5.92 Å². The molecule has 272 valence electrons. The highest BCUT2D eigenvalue weighted by atomic mass is 16.6. The predicted molar refractivity (Wildman–Crippen MR) is 196 cm³/mol. The fourth-order valence-electron chi connectivity index (χ4n) is 6.66. The van der Waals surface area contributed by atoms with E-state index in [0.29, 0.717) is 52.2 Å². The molecule has 1 aliphatic carbocycles. The maximum Gasteiger partial charge on any atom is 0.332 e. The zero-order valence-corrected chi connectivity index (χ0v) is 31.1. The van der Waals surface area contributed by atoms with Crippen molar-refractivity contribution in [1.29, 1.82) is 0 Å². The quantitative estimate of drug-likeness (QED) is 0.236. The van der Waals surface area contributed by atoms with Gasteiger partial charge in [0, 0.05) is 11.7 Å². The molecule has 2 aromatic carbocycles. The molecule has 12 nitrogen and oxygen atoms in total. The van der Waals surface area contributed by atoms with E-state index in [4.69, 9.17) is 30.4 Å². The molecule has 6 N–H and O–H groups in total. The van der Waals surface area contributed by atoms with Gasteiger partial charge in [0.15, 0.2) is 12.2 Å². The SMILES string of the molecule is CC1Oc2ccc(NC(C)(C(=O)OC(C)(C)C)C3CCCC(NC(C)(C(=O)OC(C)(C)C)c4ccc5c(c4)N=C(N)C(C)O5)C3)cc2N=C1N. The molecular weight excluding hydrogens is 636 g/mol. The summed E-state index contributed by atoms with van der Waals surface area (Å²) in [6.07, 6.45) is 2.28. The predicted octanol–water partition coefficient (Wildman–Crippen LogP) is 6.14. The second-order valence-corrected chi connectivity index (χ2v) is 16.1. The molecule has 0 aromatic heterocycles. The van der Waals surface area contributed by atoms with Crippen LogP contribution in [0.2, 0.25) is 0 Å². The van der Waals surface area contributed by atoms with Gasteiger partial charge in [-0.2, -0.15) is 0 Å². The number of nitrogens with one attached hydrogen (secondary N) is 2. The van der Waals surface area contributed by atoms with Crippen molar-refractivity contribution in [2.45, 2.75) is 135 Å². The molecule has 0 radical (unpaired) electrons. The number of hydrogen-bond acceptors (Lipinski definition) is 12. The molecule has 50 heavy (non-hydrogen) atoms. The van der Waals surface area contributed by atoms with E-state index in [1.54, 1.807) is 0 Å². The van der Waals surface area contributed by atoms with Crippen molar-refractivity contribution in [2.24, 2.45) is 27.4 Å².